The standard InChI is InChI=1S/C23H21Cl2N3O2/c1-22(2)14-7-8-23(22,21(29)26-12-5-4-6-13(9-12)30-3)20-19(14)27-17-10-15(24)16(25)11-18(17)28-20/h4-6,9-11,14H,7-8H2,1-3H3,(H,26,29). The lowest BCUT2D eigenvalue weighted by molar-refractivity contribution is -0.124. The van der Waals surface area contributed by atoms with Crippen LogP contribution in [0.2, 0.25) is 10.0 Å². The molecule has 5 nitrogen and oxygen atoms in total. The molecule has 2 atom stereocenters. The maximum absolute atomic E-state index is 13.8. The second-order valence-electron chi connectivity index (χ2n) is 8.62. The van der Waals surface area contributed by atoms with Crippen molar-refractivity contribution in [2.75, 3.05) is 12.4 Å². The Morgan fingerprint density at radius 1 is 1.13 bits per heavy atom. The first-order valence-electron chi connectivity index (χ1n) is 9.90. The molecule has 5 rings (SSSR count). The van der Waals surface area contributed by atoms with Gasteiger partial charge >= 0.3 is 0 Å². The third kappa shape index (κ3) is 2.51. The number of anilines is 1. The zero-order valence-electron chi connectivity index (χ0n) is 16.9. The van der Waals surface area contributed by atoms with Crippen molar-refractivity contribution in [3.63, 3.8) is 0 Å². The van der Waals surface area contributed by atoms with Crippen molar-refractivity contribution < 1.29 is 9.53 Å². The highest BCUT2D eigenvalue weighted by Gasteiger charge is 2.67. The summed E-state index contributed by atoms with van der Waals surface area (Å²) in [6, 6.07) is 10.8. The van der Waals surface area contributed by atoms with Crippen molar-refractivity contribution in [2.24, 2.45) is 5.41 Å². The van der Waals surface area contributed by atoms with Gasteiger partial charge in [-0.25, -0.2) is 9.97 Å². The Balaban J connectivity index is 1.65. The predicted octanol–water partition coefficient (Wildman–Crippen LogP) is 5.74. The largest absolute Gasteiger partial charge is 0.497 e. The van der Waals surface area contributed by atoms with E-state index < -0.39 is 5.41 Å². The number of carbonyl (C=O) groups excluding carboxylic acids is 1. The third-order valence-electron chi connectivity index (χ3n) is 6.96. The van der Waals surface area contributed by atoms with Crippen LogP contribution in [-0.2, 0) is 10.2 Å². The van der Waals surface area contributed by atoms with Gasteiger partial charge in [0.2, 0.25) is 5.91 Å². The highest BCUT2D eigenvalue weighted by atomic mass is 35.5. The second-order valence-corrected chi connectivity index (χ2v) is 9.43. The maximum Gasteiger partial charge on any atom is 0.237 e. The summed E-state index contributed by atoms with van der Waals surface area (Å²) in [5.74, 6) is 0.795. The molecule has 2 bridgehead atoms. The minimum absolute atomic E-state index is 0.0595. The summed E-state index contributed by atoms with van der Waals surface area (Å²) in [5, 5.41) is 3.99. The number of amides is 1. The van der Waals surface area contributed by atoms with Gasteiger partial charge in [-0.15, -0.1) is 0 Å². The summed E-state index contributed by atoms with van der Waals surface area (Å²) in [6.07, 6.45) is 1.63. The molecule has 1 fully saturated rings. The number of methoxy groups -OCH3 is 1. The Hall–Kier alpha value is -2.37. The molecular formula is C23H21Cl2N3O2. The molecule has 1 heterocycles. The van der Waals surface area contributed by atoms with Gasteiger partial charge in [0.1, 0.15) is 5.75 Å². The van der Waals surface area contributed by atoms with Crippen LogP contribution in [0.3, 0.4) is 0 Å². The van der Waals surface area contributed by atoms with E-state index in [0.717, 1.165) is 24.2 Å². The molecule has 30 heavy (non-hydrogen) atoms. The van der Waals surface area contributed by atoms with Crippen LogP contribution in [0.15, 0.2) is 36.4 Å². The van der Waals surface area contributed by atoms with Gasteiger partial charge in [0.15, 0.2) is 0 Å². The molecule has 0 radical (unpaired) electrons. The number of nitrogens with one attached hydrogen (secondary N) is 1. The number of rotatable bonds is 3. The number of carbonyl (C=O) groups is 1. The number of hydrogen-bond donors (Lipinski definition) is 1. The molecule has 3 aromatic rings. The van der Waals surface area contributed by atoms with Gasteiger partial charge in [-0.2, -0.15) is 0 Å². The van der Waals surface area contributed by atoms with Crippen LogP contribution in [0.1, 0.15) is 44.0 Å². The number of fused-ring (bicyclic) bond motifs is 6. The van der Waals surface area contributed by atoms with Gasteiger partial charge in [-0.05, 0) is 42.5 Å². The molecule has 1 saturated carbocycles. The lowest BCUT2D eigenvalue weighted by Crippen LogP contribution is -2.46. The Kier molecular flexibility index (Phi) is 4.28. The van der Waals surface area contributed by atoms with E-state index in [-0.39, 0.29) is 17.2 Å². The van der Waals surface area contributed by atoms with Crippen LogP contribution in [-0.4, -0.2) is 23.0 Å². The van der Waals surface area contributed by atoms with E-state index in [2.05, 4.69) is 19.2 Å². The Morgan fingerprint density at radius 2 is 1.83 bits per heavy atom. The van der Waals surface area contributed by atoms with Gasteiger partial charge in [0.25, 0.3) is 0 Å². The van der Waals surface area contributed by atoms with E-state index in [1.807, 2.05) is 24.3 Å². The van der Waals surface area contributed by atoms with Crippen LogP contribution in [0.4, 0.5) is 5.69 Å². The van der Waals surface area contributed by atoms with Crippen LogP contribution < -0.4 is 10.1 Å². The van der Waals surface area contributed by atoms with Crippen LogP contribution in [0.5, 0.6) is 5.75 Å². The average molecular weight is 442 g/mol. The molecule has 0 aliphatic heterocycles. The highest BCUT2D eigenvalue weighted by molar-refractivity contribution is 6.42. The van der Waals surface area contributed by atoms with E-state index in [1.54, 1.807) is 19.2 Å². The van der Waals surface area contributed by atoms with E-state index in [4.69, 9.17) is 37.9 Å². The smallest absolute Gasteiger partial charge is 0.237 e. The molecule has 2 aliphatic rings. The van der Waals surface area contributed by atoms with Crippen molar-refractivity contribution >= 4 is 45.8 Å². The molecule has 2 aliphatic carbocycles. The summed E-state index contributed by atoms with van der Waals surface area (Å²) in [5.41, 5.74) is 2.64. The highest BCUT2D eigenvalue weighted by Crippen LogP contribution is 2.67. The van der Waals surface area contributed by atoms with Gasteiger partial charge in [0, 0.05) is 17.7 Å². The fraction of sp³-hybridized carbons (Fsp3) is 0.348. The normalized spacial score (nSPS) is 23.4. The average Bonchev–Trinajstić information content (AvgIpc) is 3.09. The second kappa shape index (κ2) is 6.56. The van der Waals surface area contributed by atoms with Gasteiger partial charge in [0.05, 0.1) is 45.0 Å². The first kappa shape index (κ1) is 19.6. The van der Waals surface area contributed by atoms with Gasteiger partial charge in [-0.1, -0.05) is 43.1 Å². The SMILES string of the molecule is COc1cccc(NC(=O)C23CCC(c4nc5cc(Cl)c(Cl)cc5nc42)C3(C)C)c1. The Bertz CT molecular complexity index is 1210. The van der Waals surface area contributed by atoms with E-state index in [1.165, 1.54) is 0 Å². The molecule has 2 aromatic carbocycles. The predicted molar refractivity (Wildman–Crippen MR) is 119 cm³/mol. The minimum atomic E-state index is -0.761. The monoisotopic (exact) mass is 441 g/mol. The molecule has 1 N–H and O–H groups in total. The minimum Gasteiger partial charge on any atom is -0.497 e. The molecule has 1 aromatic heterocycles. The van der Waals surface area contributed by atoms with E-state index in [9.17, 15) is 4.79 Å². The van der Waals surface area contributed by atoms with Crippen molar-refractivity contribution in [1.29, 1.82) is 0 Å². The van der Waals surface area contributed by atoms with Crippen molar-refractivity contribution in [3.05, 3.63) is 57.8 Å². The zero-order chi connectivity index (χ0) is 21.3. The first-order chi connectivity index (χ1) is 14.3. The van der Waals surface area contributed by atoms with Gasteiger partial charge < -0.3 is 10.1 Å². The molecule has 2 unspecified atom stereocenters. The van der Waals surface area contributed by atoms with Crippen LogP contribution in [0, 0.1) is 5.41 Å². The quantitative estimate of drug-likeness (QED) is 0.562. The molecular weight excluding hydrogens is 421 g/mol. The number of nitrogens with zero attached hydrogens (tertiary/aromatic N) is 2. The van der Waals surface area contributed by atoms with E-state index in [0.29, 0.717) is 32.5 Å². The molecule has 0 saturated heterocycles. The first-order valence-corrected chi connectivity index (χ1v) is 10.7. The van der Waals surface area contributed by atoms with Crippen LogP contribution in [0.25, 0.3) is 11.0 Å². The summed E-state index contributed by atoms with van der Waals surface area (Å²) in [4.78, 5) is 23.6. The Morgan fingerprint density at radius 3 is 2.53 bits per heavy atom. The van der Waals surface area contributed by atoms with Crippen molar-refractivity contribution in [2.45, 2.75) is 38.0 Å². The summed E-state index contributed by atoms with van der Waals surface area (Å²) < 4.78 is 5.29. The summed E-state index contributed by atoms with van der Waals surface area (Å²) in [6.45, 7) is 4.29. The third-order valence-corrected chi connectivity index (χ3v) is 7.68. The number of aromatic nitrogens is 2. The molecule has 1 amide bonds. The van der Waals surface area contributed by atoms with Crippen LogP contribution >= 0.6 is 23.2 Å². The zero-order valence-corrected chi connectivity index (χ0v) is 18.4. The van der Waals surface area contributed by atoms with Crippen molar-refractivity contribution in [1.82, 2.24) is 9.97 Å². The topological polar surface area (TPSA) is 64.1 Å². The lowest BCUT2D eigenvalue weighted by Gasteiger charge is -2.36. The summed E-state index contributed by atoms with van der Waals surface area (Å²) in [7, 11) is 1.61. The van der Waals surface area contributed by atoms with Gasteiger partial charge in [-0.3, -0.25) is 4.79 Å². The molecule has 154 valence electrons. The number of benzene rings is 2. The summed E-state index contributed by atoms with van der Waals surface area (Å²) >= 11 is 12.4. The fourth-order valence-electron chi connectivity index (χ4n) is 5.32. The van der Waals surface area contributed by atoms with E-state index >= 15 is 0 Å². The van der Waals surface area contributed by atoms with Crippen molar-refractivity contribution in [3.8, 4) is 5.75 Å². The molecule has 7 heteroatoms. The lowest BCUT2D eigenvalue weighted by atomic mass is 9.67. The maximum atomic E-state index is 13.8. The number of ether oxygens (including phenoxy) is 1. The number of hydrogen-bond acceptors (Lipinski definition) is 4. The number of halogens is 2. The molecule has 0 spiro atoms. The fourth-order valence-corrected chi connectivity index (χ4v) is 5.63. The Labute approximate surface area is 184 Å².